The predicted octanol–water partition coefficient (Wildman–Crippen LogP) is 3.25. The summed E-state index contributed by atoms with van der Waals surface area (Å²) in [4.78, 5) is 0. The average molecular weight is 395 g/mol. The third-order valence-corrected chi connectivity index (χ3v) is 5.84. The van der Waals surface area contributed by atoms with Crippen LogP contribution in [0.25, 0.3) is 0 Å². The second-order valence-electron chi connectivity index (χ2n) is 5.83. The van der Waals surface area contributed by atoms with E-state index in [1.165, 1.54) is 6.26 Å². The third kappa shape index (κ3) is 3.94. The minimum Gasteiger partial charge on any atom is -0.383 e. The van der Waals surface area contributed by atoms with Crippen LogP contribution in [0.5, 0.6) is 0 Å². The number of hydrogen-bond acceptors (Lipinski definition) is 3. The molecule has 3 rings (SSSR count). The van der Waals surface area contributed by atoms with Crippen LogP contribution in [-0.2, 0) is 23.0 Å². The number of halogens is 1. The minimum absolute atomic E-state index is 0.112. The fraction of sp³-hybridized carbons (Fsp3) is 0.294. The Morgan fingerprint density at radius 1 is 1.22 bits per heavy atom. The van der Waals surface area contributed by atoms with Crippen LogP contribution < -0.4 is 5.32 Å². The highest BCUT2D eigenvalue weighted by Gasteiger charge is 2.30. The molecule has 0 aliphatic carbocycles. The van der Waals surface area contributed by atoms with Crippen molar-refractivity contribution in [1.29, 1.82) is 0 Å². The topological polar surface area (TPSA) is 49.4 Å². The van der Waals surface area contributed by atoms with Crippen molar-refractivity contribution in [2.45, 2.75) is 19.0 Å². The van der Waals surface area contributed by atoms with Crippen LogP contribution in [0.2, 0.25) is 0 Å². The van der Waals surface area contributed by atoms with Gasteiger partial charge in [0.2, 0.25) is 10.0 Å². The molecule has 1 aliphatic heterocycles. The van der Waals surface area contributed by atoms with Crippen LogP contribution in [0.15, 0.2) is 53.0 Å². The molecule has 6 heteroatoms. The van der Waals surface area contributed by atoms with Gasteiger partial charge in [-0.3, -0.25) is 0 Å². The van der Waals surface area contributed by atoms with E-state index in [2.05, 4.69) is 21.2 Å². The Morgan fingerprint density at radius 2 is 1.96 bits per heavy atom. The van der Waals surface area contributed by atoms with Crippen LogP contribution in [0, 0.1) is 0 Å². The van der Waals surface area contributed by atoms with Crippen LogP contribution in [-0.4, -0.2) is 31.6 Å². The fourth-order valence-electron chi connectivity index (χ4n) is 2.94. The fourth-order valence-corrected chi connectivity index (χ4v) is 4.41. The van der Waals surface area contributed by atoms with E-state index in [1.54, 1.807) is 4.31 Å². The zero-order valence-corrected chi connectivity index (χ0v) is 15.3. The number of hydrogen-bond donors (Lipinski definition) is 1. The number of nitrogens with zero attached hydrogens (tertiary/aromatic N) is 1. The van der Waals surface area contributed by atoms with E-state index in [0.717, 1.165) is 21.3 Å². The molecule has 2 aromatic rings. The number of sulfonamides is 1. The van der Waals surface area contributed by atoms with Crippen LogP contribution in [0.4, 0.5) is 5.69 Å². The van der Waals surface area contributed by atoms with E-state index >= 15 is 0 Å². The smallest absolute Gasteiger partial charge is 0.211 e. The van der Waals surface area contributed by atoms with Gasteiger partial charge in [-0.05, 0) is 35.7 Å². The molecule has 122 valence electrons. The Bertz CT molecular complexity index is 793. The molecule has 0 aromatic heterocycles. The summed E-state index contributed by atoms with van der Waals surface area (Å²) in [6.07, 6.45) is 1.98. The Morgan fingerprint density at radius 3 is 2.65 bits per heavy atom. The van der Waals surface area contributed by atoms with Gasteiger partial charge < -0.3 is 5.32 Å². The maximum absolute atomic E-state index is 12.3. The van der Waals surface area contributed by atoms with Gasteiger partial charge in [0.1, 0.15) is 0 Å². The van der Waals surface area contributed by atoms with Crippen molar-refractivity contribution >= 4 is 31.6 Å². The molecule has 0 bridgehead atoms. The lowest BCUT2D eigenvalue weighted by atomic mass is 10.1. The van der Waals surface area contributed by atoms with Crippen LogP contribution in [0.3, 0.4) is 0 Å². The molecule has 0 radical (unpaired) electrons. The van der Waals surface area contributed by atoms with Gasteiger partial charge in [-0.25, -0.2) is 8.42 Å². The van der Waals surface area contributed by atoms with Crippen molar-refractivity contribution in [2.24, 2.45) is 0 Å². The summed E-state index contributed by atoms with van der Waals surface area (Å²) in [6.45, 7) is 0.981. The van der Waals surface area contributed by atoms with Crippen molar-refractivity contribution in [2.75, 3.05) is 18.1 Å². The predicted molar refractivity (Wildman–Crippen MR) is 97.0 cm³/mol. The van der Waals surface area contributed by atoms with Crippen molar-refractivity contribution in [3.05, 3.63) is 64.1 Å². The largest absolute Gasteiger partial charge is 0.383 e. The summed E-state index contributed by atoms with van der Waals surface area (Å²) < 4.78 is 27.2. The van der Waals surface area contributed by atoms with Crippen LogP contribution >= 0.6 is 15.9 Å². The molecule has 0 unspecified atom stereocenters. The molecular weight excluding hydrogens is 376 g/mol. The first kappa shape index (κ1) is 16.5. The van der Waals surface area contributed by atoms with Gasteiger partial charge in [-0.15, -0.1) is 0 Å². The first-order valence-electron chi connectivity index (χ1n) is 7.46. The SMILES string of the molecule is CS(=O)(=O)N1Cc2cc(Br)ccc2NC[C@H]1Cc1ccccc1. The lowest BCUT2D eigenvalue weighted by molar-refractivity contribution is 0.328. The van der Waals surface area contributed by atoms with Gasteiger partial charge in [0.25, 0.3) is 0 Å². The van der Waals surface area contributed by atoms with E-state index in [4.69, 9.17) is 0 Å². The summed E-state index contributed by atoms with van der Waals surface area (Å²) in [6, 6.07) is 15.8. The highest BCUT2D eigenvalue weighted by molar-refractivity contribution is 9.10. The maximum Gasteiger partial charge on any atom is 0.211 e. The second kappa shape index (κ2) is 6.63. The number of anilines is 1. The molecule has 1 heterocycles. The standard InChI is InChI=1S/C17H19BrN2O2S/c1-23(21,22)20-12-14-10-15(18)7-8-17(14)19-11-16(20)9-13-5-3-2-4-6-13/h2-8,10,16,19H,9,11-12H2,1H3/t16-/m1/s1. The molecular formula is C17H19BrN2O2S. The van der Waals surface area contributed by atoms with Gasteiger partial charge >= 0.3 is 0 Å². The number of nitrogens with one attached hydrogen (secondary N) is 1. The minimum atomic E-state index is -3.30. The van der Waals surface area contributed by atoms with Gasteiger partial charge in [0, 0.05) is 29.3 Å². The van der Waals surface area contributed by atoms with Gasteiger partial charge in [-0.1, -0.05) is 46.3 Å². The third-order valence-electron chi connectivity index (χ3n) is 4.07. The monoisotopic (exact) mass is 394 g/mol. The molecule has 1 N–H and O–H groups in total. The average Bonchev–Trinajstić information content (AvgIpc) is 2.68. The summed E-state index contributed by atoms with van der Waals surface area (Å²) >= 11 is 3.46. The Hall–Kier alpha value is -1.37. The van der Waals surface area contributed by atoms with E-state index in [9.17, 15) is 8.42 Å². The Labute approximate surface area is 145 Å². The summed E-state index contributed by atoms with van der Waals surface area (Å²) in [5.74, 6) is 0. The Balaban J connectivity index is 1.93. The molecule has 2 aromatic carbocycles. The number of rotatable bonds is 3. The van der Waals surface area contributed by atoms with Crippen molar-refractivity contribution < 1.29 is 8.42 Å². The van der Waals surface area contributed by atoms with Crippen LogP contribution in [0.1, 0.15) is 11.1 Å². The van der Waals surface area contributed by atoms with Crippen molar-refractivity contribution in [3.63, 3.8) is 0 Å². The molecule has 0 fully saturated rings. The van der Waals surface area contributed by atoms with E-state index < -0.39 is 10.0 Å². The molecule has 0 saturated heterocycles. The maximum atomic E-state index is 12.3. The number of benzene rings is 2. The highest BCUT2D eigenvalue weighted by Crippen LogP contribution is 2.28. The molecule has 1 aliphatic rings. The molecule has 0 amide bonds. The first-order chi connectivity index (χ1) is 10.9. The van der Waals surface area contributed by atoms with Gasteiger partial charge in [0.15, 0.2) is 0 Å². The lowest BCUT2D eigenvalue weighted by Gasteiger charge is -2.27. The van der Waals surface area contributed by atoms with E-state index in [1.807, 2.05) is 48.5 Å². The second-order valence-corrected chi connectivity index (χ2v) is 8.68. The van der Waals surface area contributed by atoms with E-state index in [-0.39, 0.29) is 6.04 Å². The van der Waals surface area contributed by atoms with Crippen molar-refractivity contribution in [3.8, 4) is 0 Å². The molecule has 23 heavy (non-hydrogen) atoms. The van der Waals surface area contributed by atoms with Gasteiger partial charge in [0.05, 0.1) is 6.26 Å². The summed E-state index contributed by atoms with van der Waals surface area (Å²) in [5, 5.41) is 3.40. The quantitative estimate of drug-likeness (QED) is 0.868. The molecule has 4 nitrogen and oxygen atoms in total. The summed E-state index contributed by atoms with van der Waals surface area (Å²) in [5.41, 5.74) is 3.12. The summed E-state index contributed by atoms with van der Waals surface area (Å²) in [7, 11) is -3.30. The number of fused-ring (bicyclic) bond motifs is 1. The molecule has 0 spiro atoms. The van der Waals surface area contributed by atoms with Gasteiger partial charge in [-0.2, -0.15) is 4.31 Å². The lowest BCUT2D eigenvalue weighted by Crippen LogP contribution is -2.42. The highest BCUT2D eigenvalue weighted by atomic mass is 79.9. The first-order valence-corrected chi connectivity index (χ1v) is 10.1. The zero-order chi connectivity index (χ0) is 16.4. The molecule has 0 saturated carbocycles. The van der Waals surface area contributed by atoms with Crippen molar-refractivity contribution in [1.82, 2.24) is 4.31 Å². The normalized spacial score (nSPS) is 18.8. The molecule has 1 atom stereocenters. The zero-order valence-electron chi connectivity index (χ0n) is 12.9. The van der Waals surface area contributed by atoms with E-state index in [0.29, 0.717) is 19.5 Å². The Kier molecular flexibility index (Phi) is 4.75.